The molecule has 3 heterocycles. The normalized spacial score (nSPS) is 15.0. The van der Waals surface area contributed by atoms with Gasteiger partial charge in [-0.1, -0.05) is 30.3 Å². The van der Waals surface area contributed by atoms with Crippen LogP contribution in [0.4, 0.5) is 14.6 Å². The zero-order valence-corrected chi connectivity index (χ0v) is 18.7. The third-order valence-corrected chi connectivity index (χ3v) is 6.55. The first kappa shape index (κ1) is 21.5. The summed E-state index contributed by atoms with van der Waals surface area (Å²) in [5, 5.41) is 15.6. The van der Waals surface area contributed by atoms with Gasteiger partial charge in [0.1, 0.15) is 17.3 Å². The number of halogens is 2. The molecule has 8 heteroatoms. The second-order valence-electron chi connectivity index (χ2n) is 8.63. The van der Waals surface area contributed by atoms with Crippen molar-refractivity contribution >= 4 is 16.6 Å². The molecular formula is C25H26F2N6. The van der Waals surface area contributed by atoms with Crippen LogP contribution in [0.3, 0.4) is 0 Å². The van der Waals surface area contributed by atoms with Crippen LogP contribution >= 0.6 is 0 Å². The van der Waals surface area contributed by atoms with Gasteiger partial charge in [0.05, 0.1) is 5.69 Å². The van der Waals surface area contributed by atoms with Gasteiger partial charge >= 0.3 is 0 Å². The van der Waals surface area contributed by atoms with Crippen molar-refractivity contribution in [2.24, 2.45) is 7.05 Å². The first-order valence-electron chi connectivity index (χ1n) is 11.1. The average Bonchev–Trinajstić information content (AvgIpc) is 3.26. The maximum atomic E-state index is 14.1. The molecular weight excluding hydrogens is 422 g/mol. The van der Waals surface area contributed by atoms with Crippen LogP contribution in [0.15, 0.2) is 54.7 Å². The van der Waals surface area contributed by atoms with Gasteiger partial charge in [-0.25, -0.2) is 8.78 Å². The smallest absolute Gasteiger partial charge is 0.159 e. The molecule has 0 aliphatic carbocycles. The minimum Gasteiger partial charge on any atom is -0.354 e. The average molecular weight is 449 g/mol. The van der Waals surface area contributed by atoms with E-state index in [1.807, 2.05) is 32.3 Å². The fourth-order valence-corrected chi connectivity index (χ4v) is 4.68. The maximum absolute atomic E-state index is 14.1. The van der Waals surface area contributed by atoms with Crippen LogP contribution in [0, 0.1) is 11.6 Å². The number of hydrogen-bond acceptors (Lipinski definition) is 5. The molecule has 0 bridgehead atoms. The fraction of sp³-hybridized carbons (Fsp3) is 0.320. The summed E-state index contributed by atoms with van der Waals surface area (Å²) < 4.78 is 29.1. The number of aromatic nitrogens is 4. The molecule has 5 rings (SSSR count). The van der Waals surface area contributed by atoms with Gasteiger partial charge in [0, 0.05) is 61.3 Å². The third kappa shape index (κ3) is 4.18. The maximum Gasteiger partial charge on any atom is 0.159 e. The lowest BCUT2D eigenvalue weighted by molar-refractivity contribution is 0.198. The van der Waals surface area contributed by atoms with E-state index in [-0.39, 0.29) is 0 Å². The number of hydrogen-bond donors (Lipinski definition) is 0. The molecule has 4 aromatic rings. The lowest BCUT2D eigenvalue weighted by Gasteiger charge is -2.37. The number of fused-ring (bicyclic) bond motifs is 1. The number of piperidine rings is 1. The topological polar surface area (TPSA) is 50.1 Å². The van der Waals surface area contributed by atoms with Gasteiger partial charge in [-0.2, -0.15) is 5.10 Å². The van der Waals surface area contributed by atoms with E-state index in [9.17, 15) is 8.78 Å². The van der Waals surface area contributed by atoms with Gasteiger partial charge < -0.3 is 4.90 Å². The second-order valence-corrected chi connectivity index (χ2v) is 8.63. The monoisotopic (exact) mass is 448 g/mol. The van der Waals surface area contributed by atoms with E-state index in [2.05, 4.69) is 37.2 Å². The molecule has 170 valence electrons. The number of rotatable bonds is 5. The van der Waals surface area contributed by atoms with Crippen LogP contribution in [0.5, 0.6) is 0 Å². The molecule has 2 aromatic heterocycles. The van der Waals surface area contributed by atoms with Gasteiger partial charge in [0.15, 0.2) is 5.82 Å². The van der Waals surface area contributed by atoms with Crippen LogP contribution in [-0.2, 0) is 13.6 Å². The Morgan fingerprint density at radius 1 is 1.00 bits per heavy atom. The highest BCUT2D eigenvalue weighted by Crippen LogP contribution is 2.32. The molecule has 33 heavy (non-hydrogen) atoms. The molecule has 0 unspecified atom stereocenters. The van der Waals surface area contributed by atoms with Crippen molar-refractivity contribution < 1.29 is 8.78 Å². The van der Waals surface area contributed by atoms with Crippen molar-refractivity contribution in [3.05, 3.63) is 71.9 Å². The Bertz CT molecular complexity index is 1280. The zero-order chi connectivity index (χ0) is 22.9. The summed E-state index contributed by atoms with van der Waals surface area (Å²) in [5.41, 5.74) is 2.27. The van der Waals surface area contributed by atoms with Gasteiger partial charge in [-0.05, 0) is 32.0 Å². The highest BCUT2D eigenvalue weighted by molar-refractivity contribution is 5.99. The number of aryl methyl sites for hydroxylation is 1. The van der Waals surface area contributed by atoms with E-state index >= 15 is 0 Å². The van der Waals surface area contributed by atoms with Crippen LogP contribution in [-0.4, -0.2) is 51.1 Å². The molecule has 0 radical (unpaired) electrons. The minimum absolute atomic E-state index is 0.318. The Balaban J connectivity index is 1.33. The van der Waals surface area contributed by atoms with Crippen molar-refractivity contribution in [1.82, 2.24) is 24.9 Å². The van der Waals surface area contributed by atoms with Crippen LogP contribution < -0.4 is 4.90 Å². The van der Waals surface area contributed by atoms with Crippen LogP contribution in [0.2, 0.25) is 0 Å². The fourth-order valence-electron chi connectivity index (χ4n) is 4.68. The standard InChI is InChI=1S/C25H26F2N6/c1-31(16-17-7-8-18(26)15-22(17)27)19-10-13-33(14-11-19)25-21-6-4-3-5-20(21)24(29-30-25)23-9-12-28-32(23)2/h3-9,12,15,19H,10-11,13-14,16H2,1-2H3. The molecule has 0 N–H and O–H groups in total. The summed E-state index contributed by atoms with van der Waals surface area (Å²) in [4.78, 5) is 4.44. The first-order valence-corrected chi connectivity index (χ1v) is 11.1. The van der Waals surface area contributed by atoms with Crippen molar-refractivity contribution in [3.63, 3.8) is 0 Å². The Kier molecular flexibility index (Phi) is 5.76. The third-order valence-electron chi connectivity index (χ3n) is 6.55. The molecule has 1 aliphatic heterocycles. The van der Waals surface area contributed by atoms with E-state index in [1.165, 1.54) is 12.1 Å². The van der Waals surface area contributed by atoms with Crippen molar-refractivity contribution in [2.45, 2.75) is 25.4 Å². The van der Waals surface area contributed by atoms with Crippen LogP contribution in [0.25, 0.3) is 22.2 Å². The highest BCUT2D eigenvalue weighted by atomic mass is 19.1. The molecule has 2 aromatic carbocycles. The Morgan fingerprint density at radius 3 is 2.45 bits per heavy atom. The molecule has 0 saturated carbocycles. The predicted molar refractivity (Wildman–Crippen MR) is 125 cm³/mol. The Morgan fingerprint density at radius 2 is 1.76 bits per heavy atom. The largest absolute Gasteiger partial charge is 0.354 e. The van der Waals surface area contributed by atoms with Gasteiger partial charge in [0.25, 0.3) is 0 Å². The lowest BCUT2D eigenvalue weighted by atomic mass is 10.0. The summed E-state index contributed by atoms with van der Waals surface area (Å²) in [7, 11) is 3.90. The molecule has 0 amide bonds. The Hall–Kier alpha value is -3.39. The van der Waals surface area contributed by atoms with E-state index in [1.54, 1.807) is 10.9 Å². The quantitative estimate of drug-likeness (QED) is 0.453. The summed E-state index contributed by atoms with van der Waals surface area (Å²) in [6.45, 7) is 2.13. The SMILES string of the molecule is CN(Cc1ccc(F)cc1F)C1CCN(c2nnc(-c3ccnn3C)c3ccccc23)CC1. The summed E-state index contributed by atoms with van der Waals surface area (Å²) in [6, 6.07) is 14.3. The Labute approximate surface area is 191 Å². The summed E-state index contributed by atoms with van der Waals surface area (Å²) >= 11 is 0. The second kappa shape index (κ2) is 8.86. The van der Waals surface area contributed by atoms with E-state index in [0.29, 0.717) is 18.2 Å². The molecule has 1 fully saturated rings. The van der Waals surface area contributed by atoms with Gasteiger partial charge in [0.2, 0.25) is 0 Å². The van der Waals surface area contributed by atoms with Crippen molar-refractivity contribution in [2.75, 3.05) is 25.0 Å². The number of anilines is 1. The minimum atomic E-state index is -0.546. The zero-order valence-electron chi connectivity index (χ0n) is 18.7. The van der Waals surface area contributed by atoms with Crippen molar-refractivity contribution in [3.8, 4) is 11.4 Å². The first-order chi connectivity index (χ1) is 16.0. The molecule has 6 nitrogen and oxygen atoms in total. The van der Waals surface area contributed by atoms with Gasteiger partial charge in [-0.3, -0.25) is 9.58 Å². The van der Waals surface area contributed by atoms with Crippen molar-refractivity contribution in [1.29, 1.82) is 0 Å². The predicted octanol–water partition coefficient (Wildman–Crippen LogP) is 4.41. The van der Waals surface area contributed by atoms with Crippen LogP contribution in [0.1, 0.15) is 18.4 Å². The molecule has 1 saturated heterocycles. The lowest BCUT2D eigenvalue weighted by Crippen LogP contribution is -2.43. The summed E-state index contributed by atoms with van der Waals surface area (Å²) in [6.07, 6.45) is 3.62. The van der Waals surface area contributed by atoms with Gasteiger partial charge in [-0.15, -0.1) is 10.2 Å². The highest BCUT2D eigenvalue weighted by Gasteiger charge is 2.26. The number of benzene rings is 2. The molecule has 0 atom stereocenters. The molecule has 0 spiro atoms. The number of nitrogens with zero attached hydrogens (tertiary/aromatic N) is 6. The summed E-state index contributed by atoms with van der Waals surface area (Å²) in [5.74, 6) is -0.147. The van der Waals surface area contributed by atoms with E-state index < -0.39 is 11.6 Å². The van der Waals surface area contributed by atoms with E-state index in [4.69, 9.17) is 0 Å². The van der Waals surface area contributed by atoms with E-state index in [0.717, 1.165) is 60.0 Å². The molecule has 1 aliphatic rings.